The van der Waals surface area contributed by atoms with Gasteiger partial charge >= 0.3 is 0 Å². The van der Waals surface area contributed by atoms with E-state index in [4.69, 9.17) is 13.9 Å². The van der Waals surface area contributed by atoms with E-state index in [0.717, 1.165) is 33.4 Å². The number of H-pyrrole nitrogens is 1. The summed E-state index contributed by atoms with van der Waals surface area (Å²) in [4.78, 5) is 16.5. The molecule has 0 bridgehead atoms. The van der Waals surface area contributed by atoms with Crippen LogP contribution in [0.2, 0.25) is 0 Å². The van der Waals surface area contributed by atoms with Gasteiger partial charge in [0.25, 0.3) is 5.91 Å². The normalized spacial score (nSPS) is 12.0. The SMILES string of the molecule is COc1cccc(C(CNC(=O)c2c(C)oc(C)c2C)c2c[nH]c3ccccc23)c1OC. The summed E-state index contributed by atoms with van der Waals surface area (Å²) in [6, 6.07) is 14.0. The summed E-state index contributed by atoms with van der Waals surface area (Å²) in [7, 11) is 3.25. The molecule has 0 aliphatic carbocycles. The second-order valence-corrected chi connectivity index (χ2v) is 7.85. The van der Waals surface area contributed by atoms with Gasteiger partial charge in [-0.15, -0.1) is 0 Å². The van der Waals surface area contributed by atoms with E-state index >= 15 is 0 Å². The summed E-state index contributed by atoms with van der Waals surface area (Å²) < 4.78 is 16.9. The predicted molar refractivity (Wildman–Crippen MR) is 125 cm³/mol. The maximum Gasteiger partial charge on any atom is 0.255 e. The summed E-state index contributed by atoms with van der Waals surface area (Å²) in [5, 5.41) is 4.23. The maximum atomic E-state index is 13.1. The highest BCUT2D eigenvalue weighted by molar-refractivity contribution is 5.97. The lowest BCUT2D eigenvalue weighted by atomic mass is 9.89. The molecular formula is C26H28N2O4. The van der Waals surface area contributed by atoms with Gasteiger partial charge in [0.1, 0.15) is 11.5 Å². The molecule has 1 unspecified atom stereocenters. The highest BCUT2D eigenvalue weighted by Crippen LogP contribution is 2.40. The Morgan fingerprint density at radius 2 is 1.78 bits per heavy atom. The molecule has 2 aromatic carbocycles. The summed E-state index contributed by atoms with van der Waals surface area (Å²) >= 11 is 0. The Morgan fingerprint density at radius 1 is 1.00 bits per heavy atom. The number of carbonyl (C=O) groups is 1. The van der Waals surface area contributed by atoms with Gasteiger partial charge in [-0.3, -0.25) is 4.79 Å². The largest absolute Gasteiger partial charge is 0.493 e. The van der Waals surface area contributed by atoms with Crippen molar-refractivity contribution in [1.29, 1.82) is 0 Å². The fraction of sp³-hybridized carbons (Fsp3) is 0.269. The molecule has 1 atom stereocenters. The van der Waals surface area contributed by atoms with Crippen molar-refractivity contribution in [3.63, 3.8) is 0 Å². The molecule has 2 aromatic heterocycles. The number of aromatic amines is 1. The lowest BCUT2D eigenvalue weighted by Gasteiger charge is -2.22. The second kappa shape index (κ2) is 8.83. The lowest BCUT2D eigenvalue weighted by Crippen LogP contribution is -2.29. The molecule has 4 rings (SSSR count). The monoisotopic (exact) mass is 432 g/mol. The third kappa shape index (κ3) is 3.73. The van der Waals surface area contributed by atoms with Crippen LogP contribution < -0.4 is 14.8 Å². The molecule has 0 spiro atoms. The van der Waals surface area contributed by atoms with Gasteiger partial charge in [0.15, 0.2) is 11.5 Å². The van der Waals surface area contributed by atoms with Crippen LogP contribution in [0.15, 0.2) is 53.1 Å². The van der Waals surface area contributed by atoms with Gasteiger partial charge in [0.2, 0.25) is 0 Å². The Bertz CT molecular complexity index is 1270. The van der Waals surface area contributed by atoms with E-state index in [9.17, 15) is 4.79 Å². The molecule has 4 aromatic rings. The standard InChI is InChI=1S/C26H28N2O4/c1-15-16(2)32-17(3)24(15)26(29)28-14-21(19-10-8-12-23(30-4)25(19)31-5)20-13-27-22-11-7-6-9-18(20)22/h6-13,21,27H,14H2,1-5H3,(H,28,29). The third-order valence-corrected chi connectivity index (χ3v) is 6.06. The summed E-state index contributed by atoms with van der Waals surface area (Å²) in [5.41, 5.74) is 4.51. The van der Waals surface area contributed by atoms with Crippen LogP contribution in [0.1, 0.15) is 44.5 Å². The quantitative estimate of drug-likeness (QED) is 0.417. The van der Waals surface area contributed by atoms with Crippen molar-refractivity contribution in [2.75, 3.05) is 20.8 Å². The van der Waals surface area contributed by atoms with E-state index in [0.29, 0.717) is 29.4 Å². The van der Waals surface area contributed by atoms with Crippen molar-refractivity contribution in [3.8, 4) is 11.5 Å². The highest BCUT2D eigenvalue weighted by atomic mass is 16.5. The first-order chi connectivity index (χ1) is 15.5. The number of amides is 1. The van der Waals surface area contributed by atoms with Gasteiger partial charge in [-0.2, -0.15) is 0 Å². The van der Waals surface area contributed by atoms with Crippen LogP contribution in [0, 0.1) is 20.8 Å². The lowest BCUT2D eigenvalue weighted by molar-refractivity contribution is 0.0950. The van der Waals surface area contributed by atoms with E-state index in [-0.39, 0.29) is 11.8 Å². The minimum Gasteiger partial charge on any atom is -0.493 e. The Labute approximate surface area is 187 Å². The Kier molecular flexibility index (Phi) is 5.95. The zero-order valence-corrected chi connectivity index (χ0v) is 19.0. The number of ether oxygens (including phenoxy) is 2. The molecule has 1 amide bonds. The molecule has 0 saturated carbocycles. The molecule has 0 radical (unpaired) electrons. The molecule has 0 aliphatic heterocycles. The molecule has 2 N–H and O–H groups in total. The minimum atomic E-state index is -0.159. The number of para-hydroxylation sites is 2. The molecule has 2 heterocycles. The molecule has 166 valence electrons. The van der Waals surface area contributed by atoms with Crippen molar-refractivity contribution < 1.29 is 18.7 Å². The number of aromatic nitrogens is 1. The van der Waals surface area contributed by atoms with Crippen LogP contribution in [0.5, 0.6) is 11.5 Å². The van der Waals surface area contributed by atoms with Gasteiger partial charge in [-0.05, 0) is 38.5 Å². The van der Waals surface area contributed by atoms with Gasteiger partial charge < -0.3 is 24.2 Å². The van der Waals surface area contributed by atoms with E-state index in [1.807, 2.05) is 63.4 Å². The molecule has 6 nitrogen and oxygen atoms in total. The molecule has 0 saturated heterocycles. The van der Waals surface area contributed by atoms with Crippen molar-refractivity contribution >= 4 is 16.8 Å². The number of nitrogens with one attached hydrogen (secondary N) is 2. The van der Waals surface area contributed by atoms with Gasteiger partial charge in [-0.25, -0.2) is 0 Å². The van der Waals surface area contributed by atoms with E-state index in [1.54, 1.807) is 14.2 Å². The Hall–Kier alpha value is -3.67. The Balaban J connectivity index is 1.76. The Morgan fingerprint density at radius 3 is 2.47 bits per heavy atom. The fourth-order valence-corrected chi connectivity index (χ4v) is 4.37. The number of hydrogen-bond donors (Lipinski definition) is 2. The van der Waals surface area contributed by atoms with Crippen molar-refractivity contribution in [2.45, 2.75) is 26.7 Å². The number of fused-ring (bicyclic) bond motifs is 1. The maximum absolute atomic E-state index is 13.1. The van der Waals surface area contributed by atoms with Crippen LogP contribution in [-0.2, 0) is 0 Å². The summed E-state index contributed by atoms with van der Waals surface area (Å²) in [6.45, 7) is 5.97. The number of furan rings is 1. The average molecular weight is 433 g/mol. The number of aryl methyl sites for hydroxylation is 2. The van der Waals surface area contributed by atoms with Crippen LogP contribution in [0.25, 0.3) is 10.9 Å². The van der Waals surface area contributed by atoms with Crippen LogP contribution in [-0.4, -0.2) is 31.7 Å². The molecular weight excluding hydrogens is 404 g/mol. The third-order valence-electron chi connectivity index (χ3n) is 6.06. The molecule has 0 fully saturated rings. The summed E-state index contributed by atoms with van der Waals surface area (Å²) in [6.07, 6.45) is 2.00. The first-order valence-electron chi connectivity index (χ1n) is 10.6. The van der Waals surface area contributed by atoms with Crippen molar-refractivity contribution in [2.24, 2.45) is 0 Å². The van der Waals surface area contributed by atoms with Crippen LogP contribution in [0.3, 0.4) is 0 Å². The first kappa shape index (κ1) is 21.6. The average Bonchev–Trinajstić information content (AvgIpc) is 3.33. The number of carbonyl (C=O) groups excluding carboxylic acids is 1. The molecule has 32 heavy (non-hydrogen) atoms. The van der Waals surface area contributed by atoms with Gasteiger partial charge in [0, 0.05) is 40.7 Å². The summed E-state index contributed by atoms with van der Waals surface area (Å²) in [5.74, 6) is 2.39. The van der Waals surface area contributed by atoms with E-state index < -0.39 is 0 Å². The van der Waals surface area contributed by atoms with Crippen LogP contribution >= 0.6 is 0 Å². The smallest absolute Gasteiger partial charge is 0.255 e. The zero-order valence-electron chi connectivity index (χ0n) is 19.0. The second-order valence-electron chi connectivity index (χ2n) is 7.85. The fourth-order valence-electron chi connectivity index (χ4n) is 4.37. The van der Waals surface area contributed by atoms with Gasteiger partial charge in [-0.1, -0.05) is 30.3 Å². The number of methoxy groups -OCH3 is 2. The number of rotatable bonds is 7. The van der Waals surface area contributed by atoms with E-state index in [1.165, 1.54) is 0 Å². The van der Waals surface area contributed by atoms with Crippen molar-refractivity contribution in [1.82, 2.24) is 10.3 Å². The topological polar surface area (TPSA) is 76.5 Å². The highest BCUT2D eigenvalue weighted by Gasteiger charge is 2.26. The van der Waals surface area contributed by atoms with E-state index in [2.05, 4.69) is 16.4 Å². The minimum absolute atomic E-state index is 0.149. The van der Waals surface area contributed by atoms with Crippen LogP contribution in [0.4, 0.5) is 0 Å². The number of benzene rings is 2. The predicted octanol–water partition coefficient (Wildman–Crippen LogP) is 5.27. The number of hydrogen-bond acceptors (Lipinski definition) is 4. The van der Waals surface area contributed by atoms with Gasteiger partial charge in [0.05, 0.1) is 19.8 Å². The molecule has 0 aliphatic rings. The van der Waals surface area contributed by atoms with Crippen molar-refractivity contribution in [3.05, 3.63) is 82.4 Å². The first-order valence-corrected chi connectivity index (χ1v) is 10.6. The zero-order chi connectivity index (χ0) is 22.8. The molecule has 6 heteroatoms.